The summed E-state index contributed by atoms with van der Waals surface area (Å²) >= 11 is 0. The number of piperidine rings is 1. The Bertz CT molecular complexity index is 1630. The maximum Gasteiger partial charge on any atom is 0.419 e. The number of benzene rings is 1. The molecule has 0 saturated carbocycles. The zero-order valence-electron chi connectivity index (χ0n) is 27.2. The van der Waals surface area contributed by atoms with Gasteiger partial charge in [-0.05, 0) is 63.5 Å². The van der Waals surface area contributed by atoms with Crippen molar-refractivity contribution in [1.82, 2.24) is 34.5 Å². The third-order valence-corrected chi connectivity index (χ3v) is 9.91. The quantitative estimate of drug-likeness (QED) is 0.232. The number of allylic oxidation sites excluding steroid dienone is 1. The van der Waals surface area contributed by atoms with Crippen molar-refractivity contribution in [2.24, 2.45) is 0 Å². The van der Waals surface area contributed by atoms with Crippen LogP contribution in [0.25, 0.3) is 11.3 Å². The van der Waals surface area contributed by atoms with Crippen LogP contribution in [0.1, 0.15) is 43.0 Å². The summed E-state index contributed by atoms with van der Waals surface area (Å²) in [6.45, 7) is 9.62. The minimum atomic E-state index is -4.75. The van der Waals surface area contributed by atoms with E-state index < -0.39 is 17.6 Å². The van der Waals surface area contributed by atoms with Gasteiger partial charge in [0.25, 0.3) is 0 Å². The third-order valence-electron chi connectivity index (χ3n) is 9.91. The topological polar surface area (TPSA) is 96.5 Å². The van der Waals surface area contributed by atoms with Gasteiger partial charge in [-0.2, -0.15) is 13.2 Å². The number of nitrogens with one attached hydrogen (secondary N) is 1. The fourth-order valence-corrected chi connectivity index (χ4v) is 6.96. The number of halogens is 5. The molecule has 5 fully saturated rings. The van der Waals surface area contributed by atoms with Gasteiger partial charge < -0.3 is 29.7 Å². The van der Waals surface area contributed by atoms with Gasteiger partial charge in [-0.15, -0.1) is 12.4 Å². The molecule has 10 nitrogen and oxygen atoms in total. The van der Waals surface area contributed by atoms with Crippen LogP contribution < -0.4 is 5.32 Å². The number of aliphatic hydroxyl groups is 1. The average Bonchev–Trinajstić information content (AvgIpc) is 3.97. The molecular formula is C34H42ClF4N7O3. The van der Waals surface area contributed by atoms with E-state index in [9.17, 15) is 32.3 Å². The Kier molecular flexibility index (Phi) is 10.4. The number of ketones is 2. The second kappa shape index (κ2) is 14.4. The van der Waals surface area contributed by atoms with E-state index in [2.05, 4.69) is 10.2 Å². The maximum absolute atomic E-state index is 13.7. The van der Waals surface area contributed by atoms with Crippen LogP contribution in [-0.2, 0) is 22.3 Å². The first kappa shape index (κ1) is 35.4. The van der Waals surface area contributed by atoms with Crippen LogP contribution in [-0.4, -0.2) is 124 Å². The maximum atomic E-state index is 13.7. The lowest BCUT2D eigenvalue weighted by Crippen LogP contribution is -2.35. The zero-order valence-corrected chi connectivity index (χ0v) is 28.0. The van der Waals surface area contributed by atoms with Gasteiger partial charge in [0.05, 0.1) is 23.6 Å². The number of alkyl halides is 3. The van der Waals surface area contributed by atoms with Gasteiger partial charge in [0.15, 0.2) is 0 Å². The first-order valence-electron chi connectivity index (χ1n) is 16.9. The minimum absolute atomic E-state index is 0. The van der Waals surface area contributed by atoms with E-state index >= 15 is 0 Å². The predicted molar refractivity (Wildman–Crippen MR) is 176 cm³/mol. The van der Waals surface area contributed by atoms with E-state index in [-0.39, 0.29) is 48.1 Å². The molecule has 2 aromatic rings. The zero-order chi connectivity index (χ0) is 33.6. The molecule has 5 saturated heterocycles. The van der Waals surface area contributed by atoms with Crippen molar-refractivity contribution in [2.45, 2.75) is 50.4 Å². The number of aliphatic hydroxyl groups excluding tert-OH is 1. The lowest BCUT2D eigenvalue weighted by atomic mass is 9.97. The van der Waals surface area contributed by atoms with Gasteiger partial charge in [0.2, 0.25) is 11.6 Å². The highest BCUT2D eigenvalue weighted by Crippen LogP contribution is 2.36. The number of nitrogens with zero attached hydrogens (tertiary/aromatic N) is 6. The number of Topliss-reactive ketones (excluding diaryl/α,β-unsaturated/α-hetero) is 1. The van der Waals surface area contributed by atoms with E-state index in [0.717, 1.165) is 109 Å². The fraction of sp³-hybridized carbons (Fsp3) is 0.559. The molecule has 266 valence electrons. The molecule has 1 aromatic carbocycles. The number of carbonyl (C=O) groups excluding carboxylic acids is 2. The summed E-state index contributed by atoms with van der Waals surface area (Å²) in [6, 6.07) is 3.22. The summed E-state index contributed by atoms with van der Waals surface area (Å²) in [5, 5.41) is 12.9. The lowest BCUT2D eigenvalue weighted by molar-refractivity contribution is -0.140. The molecule has 0 bridgehead atoms. The Morgan fingerprint density at radius 3 is 2.20 bits per heavy atom. The molecule has 0 unspecified atom stereocenters. The Labute approximate surface area is 288 Å². The number of imidazole rings is 1. The van der Waals surface area contributed by atoms with Gasteiger partial charge >= 0.3 is 6.18 Å². The average molecular weight is 708 g/mol. The number of rotatable bonds is 9. The van der Waals surface area contributed by atoms with Gasteiger partial charge in [0, 0.05) is 82.2 Å². The van der Waals surface area contributed by atoms with Crippen molar-refractivity contribution in [3.63, 3.8) is 0 Å². The molecule has 1 aliphatic carbocycles. The highest BCUT2D eigenvalue weighted by Gasteiger charge is 2.43. The van der Waals surface area contributed by atoms with E-state index in [1.807, 2.05) is 19.3 Å². The highest BCUT2D eigenvalue weighted by molar-refractivity contribution is 6.22. The van der Waals surface area contributed by atoms with E-state index in [4.69, 9.17) is 4.98 Å². The van der Waals surface area contributed by atoms with Crippen LogP contribution in [0.4, 0.5) is 17.6 Å². The molecule has 6 aliphatic rings. The normalized spacial score (nSPS) is 22.6. The molecule has 1 atom stereocenters. The van der Waals surface area contributed by atoms with Crippen LogP contribution in [0.2, 0.25) is 0 Å². The number of hydrogen-bond donors (Lipinski definition) is 2. The summed E-state index contributed by atoms with van der Waals surface area (Å²) in [5.41, 5.74) is 1.31. The smallest absolute Gasteiger partial charge is 0.395 e. The molecule has 0 amide bonds. The fourth-order valence-electron chi connectivity index (χ4n) is 6.96. The summed E-state index contributed by atoms with van der Waals surface area (Å²) in [7, 11) is 0. The molecule has 49 heavy (non-hydrogen) atoms. The third kappa shape index (κ3) is 7.82. The Hall–Kier alpha value is -3.46. The second-order valence-electron chi connectivity index (χ2n) is 13.3. The summed E-state index contributed by atoms with van der Waals surface area (Å²) in [5.74, 6) is -0.135. The number of likely N-dealkylation sites (tertiary alicyclic amines) is 1. The van der Waals surface area contributed by atoms with Crippen molar-refractivity contribution in [2.75, 3.05) is 72.1 Å². The molecular weight excluding hydrogens is 666 g/mol. The minimum Gasteiger partial charge on any atom is -0.395 e. The molecule has 6 heterocycles. The number of hydrogen-bond acceptors (Lipinski definition) is 9. The standard InChI is InChI=1S/C22H28F4N4O.C12H13N3O2.ClH/c23-19-4-3-16(12-18(19)22(24,25)26)20-13-30(11-10-29-9-1-2-17(29)14-31)21(28-20)15-5-7-27-8-6-15;16-9-7-8(13-1-2-13)12(17)11(15-5-6-15)10(9)14-3-4-14;/h3-4,12-13,15,17,27,31H,1-2,5-11,14H2;7H,1-6H2;1H/t17-;;/m1../s1. The van der Waals surface area contributed by atoms with Gasteiger partial charge in [-0.25, -0.2) is 9.37 Å². The lowest BCUT2D eigenvalue weighted by Gasteiger charge is -2.25. The van der Waals surface area contributed by atoms with Crippen molar-refractivity contribution in [3.8, 4) is 11.3 Å². The summed E-state index contributed by atoms with van der Waals surface area (Å²) in [4.78, 5) is 37.4. The number of aromatic nitrogens is 2. The molecule has 15 heteroatoms. The molecule has 2 N–H and O–H groups in total. The largest absolute Gasteiger partial charge is 0.419 e. The van der Waals surface area contributed by atoms with Crippen LogP contribution in [0.3, 0.4) is 0 Å². The molecule has 5 aliphatic heterocycles. The van der Waals surface area contributed by atoms with Gasteiger partial charge in [-0.3, -0.25) is 14.5 Å². The Balaban J connectivity index is 0.000000194. The second-order valence-corrected chi connectivity index (χ2v) is 13.3. The molecule has 1 aromatic heterocycles. The highest BCUT2D eigenvalue weighted by atomic mass is 35.5. The molecule has 0 radical (unpaired) electrons. The van der Waals surface area contributed by atoms with Crippen molar-refractivity contribution < 1.29 is 32.3 Å². The summed E-state index contributed by atoms with van der Waals surface area (Å²) < 4.78 is 55.3. The van der Waals surface area contributed by atoms with Crippen LogP contribution in [0, 0.1) is 5.82 Å². The van der Waals surface area contributed by atoms with Crippen LogP contribution in [0.5, 0.6) is 0 Å². The van der Waals surface area contributed by atoms with Crippen molar-refractivity contribution in [1.29, 1.82) is 0 Å². The monoisotopic (exact) mass is 707 g/mol. The van der Waals surface area contributed by atoms with E-state index in [1.165, 1.54) is 12.1 Å². The van der Waals surface area contributed by atoms with Gasteiger partial charge in [-0.1, -0.05) is 0 Å². The first-order chi connectivity index (χ1) is 23.1. The van der Waals surface area contributed by atoms with Crippen molar-refractivity contribution >= 4 is 24.0 Å². The number of carbonyl (C=O) groups is 2. The van der Waals surface area contributed by atoms with Crippen molar-refractivity contribution in [3.05, 3.63) is 64.8 Å². The first-order valence-corrected chi connectivity index (χ1v) is 16.9. The predicted octanol–water partition coefficient (Wildman–Crippen LogP) is 3.23. The molecule has 0 spiro atoms. The van der Waals surface area contributed by atoms with E-state index in [1.54, 1.807) is 6.20 Å². The SMILES string of the molecule is Cl.O=C1C=C(N2CC2)C(=O)C(N2CC2)=C1N1CC1.OC[C@H]1CCCN1CCn1cc(-c2ccc(F)c(C(F)(F)F)c2)nc1C1CCNCC1. The summed E-state index contributed by atoms with van der Waals surface area (Å²) in [6.07, 6.45) is 2.41. The Morgan fingerprint density at radius 2 is 1.57 bits per heavy atom. The Morgan fingerprint density at radius 1 is 0.898 bits per heavy atom. The van der Waals surface area contributed by atoms with Gasteiger partial charge in [0.1, 0.15) is 23.0 Å². The van der Waals surface area contributed by atoms with Crippen LogP contribution >= 0.6 is 12.4 Å². The molecule has 8 rings (SSSR count). The van der Waals surface area contributed by atoms with E-state index in [0.29, 0.717) is 29.3 Å². The van der Waals surface area contributed by atoms with Crippen LogP contribution in [0.15, 0.2) is 47.6 Å².